The van der Waals surface area contributed by atoms with E-state index >= 15 is 0 Å². The first-order chi connectivity index (χ1) is 8.60. The maximum atomic E-state index is 6.12. The van der Waals surface area contributed by atoms with E-state index in [4.69, 9.17) is 11.6 Å². The van der Waals surface area contributed by atoms with E-state index in [1.165, 1.54) is 4.88 Å². The van der Waals surface area contributed by atoms with Crippen molar-refractivity contribution in [1.82, 2.24) is 9.97 Å². The number of thiophene rings is 1. The maximum Gasteiger partial charge on any atom is 0.224 e. The lowest BCUT2D eigenvalue weighted by molar-refractivity contribution is 0.905. The van der Waals surface area contributed by atoms with E-state index in [-0.39, 0.29) is 0 Å². The van der Waals surface area contributed by atoms with Crippen molar-refractivity contribution in [2.24, 2.45) is 0 Å². The van der Waals surface area contributed by atoms with Gasteiger partial charge >= 0.3 is 0 Å². The third-order valence-electron chi connectivity index (χ3n) is 2.33. The van der Waals surface area contributed by atoms with Gasteiger partial charge in [0.2, 0.25) is 5.95 Å². The minimum absolute atomic E-state index is 0.548. The Morgan fingerprint density at radius 1 is 1.56 bits per heavy atom. The lowest BCUT2D eigenvalue weighted by Crippen LogP contribution is -2.18. The number of hydrogen-bond acceptors (Lipinski definition) is 5. The molecule has 0 aliphatic rings. The van der Waals surface area contributed by atoms with E-state index in [1.807, 2.05) is 11.9 Å². The van der Waals surface area contributed by atoms with Gasteiger partial charge in [0.1, 0.15) is 5.02 Å². The summed E-state index contributed by atoms with van der Waals surface area (Å²) in [7, 11) is 3.74. The van der Waals surface area contributed by atoms with Crippen LogP contribution in [0.5, 0.6) is 0 Å². The van der Waals surface area contributed by atoms with Crippen molar-refractivity contribution in [3.05, 3.63) is 32.0 Å². The molecule has 0 saturated carbocycles. The Morgan fingerprint density at radius 3 is 2.94 bits per heavy atom. The minimum atomic E-state index is 0.548. The molecule has 0 amide bonds. The van der Waals surface area contributed by atoms with Gasteiger partial charge in [-0.2, -0.15) is 4.98 Å². The van der Waals surface area contributed by atoms with Crippen molar-refractivity contribution in [3.63, 3.8) is 0 Å². The van der Waals surface area contributed by atoms with Crippen molar-refractivity contribution in [3.8, 4) is 0 Å². The second kappa shape index (κ2) is 5.86. The van der Waals surface area contributed by atoms with Crippen LogP contribution in [0.25, 0.3) is 0 Å². The summed E-state index contributed by atoms with van der Waals surface area (Å²) in [4.78, 5) is 11.7. The molecule has 0 fully saturated rings. The molecule has 0 aliphatic carbocycles. The Balaban J connectivity index is 2.20. The highest BCUT2D eigenvalue weighted by Crippen LogP contribution is 2.26. The van der Waals surface area contributed by atoms with Crippen LogP contribution in [0.3, 0.4) is 0 Å². The molecule has 18 heavy (non-hydrogen) atoms. The van der Waals surface area contributed by atoms with Crippen LogP contribution in [-0.2, 0) is 6.54 Å². The second-order valence-electron chi connectivity index (χ2n) is 3.70. The number of hydrogen-bond donors (Lipinski definition) is 1. The third kappa shape index (κ3) is 3.13. The van der Waals surface area contributed by atoms with Crippen molar-refractivity contribution >= 4 is 50.6 Å². The Morgan fingerprint density at radius 2 is 2.33 bits per heavy atom. The molecule has 2 aromatic rings. The van der Waals surface area contributed by atoms with E-state index < -0.39 is 0 Å². The predicted molar refractivity (Wildman–Crippen MR) is 80.7 cm³/mol. The summed E-state index contributed by atoms with van der Waals surface area (Å²) in [5.41, 5.74) is 0. The van der Waals surface area contributed by atoms with Crippen LogP contribution in [0.2, 0.25) is 5.02 Å². The van der Waals surface area contributed by atoms with Gasteiger partial charge in [0, 0.05) is 28.8 Å². The van der Waals surface area contributed by atoms with E-state index in [0.29, 0.717) is 11.0 Å². The van der Waals surface area contributed by atoms with Crippen LogP contribution < -0.4 is 10.2 Å². The average molecular weight is 348 g/mol. The fraction of sp³-hybridized carbons (Fsp3) is 0.273. The Bertz CT molecular complexity index is 546. The molecule has 0 saturated heterocycles. The van der Waals surface area contributed by atoms with Crippen LogP contribution in [-0.4, -0.2) is 24.1 Å². The largest absolute Gasteiger partial charge is 0.357 e. The number of nitrogens with one attached hydrogen (secondary N) is 1. The van der Waals surface area contributed by atoms with E-state index in [1.54, 1.807) is 24.6 Å². The van der Waals surface area contributed by atoms with Crippen molar-refractivity contribution in [2.45, 2.75) is 6.54 Å². The molecule has 2 heterocycles. The van der Waals surface area contributed by atoms with Crippen LogP contribution >= 0.6 is 38.9 Å². The predicted octanol–water partition coefficient (Wildman–Crippen LogP) is 3.63. The molecular weight excluding hydrogens is 336 g/mol. The van der Waals surface area contributed by atoms with Crippen LogP contribution in [0.15, 0.2) is 22.1 Å². The van der Waals surface area contributed by atoms with Crippen LogP contribution in [0, 0.1) is 0 Å². The van der Waals surface area contributed by atoms with Gasteiger partial charge in [-0.05, 0) is 22.0 Å². The molecule has 1 N–H and O–H groups in total. The Hall–Kier alpha value is -0.850. The van der Waals surface area contributed by atoms with Gasteiger partial charge in [0.15, 0.2) is 5.82 Å². The molecule has 0 aliphatic heterocycles. The first kappa shape index (κ1) is 13.6. The van der Waals surface area contributed by atoms with Crippen molar-refractivity contribution in [2.75, 3.05) is 24.3 Å². The van der Waals surface area contributed by atoms with E-state index in [2.05, 4.69) is 42.7 Å². The Labute approximate surface area is 123 Å². The lowest BCUT2D eigenvalue weighted by atomic mass is 10.4. The number of anilines is 2. The molecule has 2 rings (SSSR count). The molecule has 4 nitrogen and oxygen atoms in total. The van der Waals surface area contributed by atoms with Gasteiger partial charge in [-0.1, -0.05) is 11.6 Å². The third-order valence-corrected chi connectivity index (χ3v) is 4.27. The zero-order valence-electron chi connectivity index (χ0n) is 9.94. The first-order valence-corrected chi connectivity index (χ1v) is 7.29. The average Bonchev–Trinajstić information content (AvgIpc) is 2.75. The number of rotatable bonds is 4. The van der Waals surface area contributed by atoms with E-state index in [0.717, 1.165) is 16.8 Å². The van der Waals surface area contributed by atoms with Gasteiger partial charge in [-0.25, -0.2) is 4.98 Å². The molecule has 0 bridgehead atoms. The number of nitrogens with zero attached hydrogens (tertiary/aromatic N) is 3. The standard InChI is InChI=1S/C11H12BrClN4S/c1-14-11-15-4-9(13)10(16-11)17(2)5-8-3-7(12)6-18-8/h3-4,6H,5H2,1-2H3,(H,14,15,16). The first-order valence-electron chi connectivity index (χ1n) is 5.24. The maximum absolute atomic E-state index is 6.12. The van der Waals surface area contributed by atoms with Gasteiger partial charge in [-0.3, -0.25) is 0 Å². The van der Waals surface area contributed by atoms with Crippen molar-refractivity contribution in [1.29, 1.82) is 0 Å². The van der Waals surface area contributed by atoms with Gasteiger partial charge in [0.05, 0.1) is 12.7 Å². The number of halogens is 2. The highest BCUT2D eigenvalue weighted by molar-refractivity contribution is 9.10. The number of aromatic nitrogens is 2. The SMILES string of the molecule is CNc1ncc(Cl)c(N(C)Cc2cc(Br)cs2)n1. The summed E-state index contributed by atoms with van der Waals surface area (Å²) in [5.74, 6) is 1.29. The monoisotopic (exact) mass is 346 g/mol. The summed E-state index contributed by atoms with van der Waals surface area (Å²) in [6.45, 7) is 0.760. The smallest absolute Gasteiger partial charge is 0.224 e. The highest BCUT2D eigenvalue weighted by atomic mass is 79.9. The fourth-order valence-electron chi connectivity index (χ4n) is 1.49. The zero-order chi connectivity index (χ0) is 13.1. The molecule has 7 heteroatoms. The molecular formula is C11H12BrClN4S. The molecule has 0 atom stereocenters. The van der Waals surface area contributed by atoms with Crippen molar-refractivity contribution < 1.29 is 0 Å². The Kier molecular flexibility index (Phi) is 4.42. The second-order valence-corrected chi connectivity index (χ2v) is 6.02. The summed E-state index contributed by atoms with van der Waals surface area (Å²) in [5, 5.41) is 5.51. The summed E-state index contributed by atoms with van der Waals surface area (Å²) in [6.07, 6.45) is 1.61. The molecule has 0 unspecified atom stereocenters. The van der Waals surface area contributed by atoms with Gasteiger partial charge in [0.25, 0.3) is 0 Å². The summed E-state index contributed by atoms with van der Waals surface area (Å²) >= 11 is 11.3. The molecule has 0 aromatic carbocycles. The normalized spacial score (nSPS) is 10.4. The van der Waals surface area contributed by atoms with Crippen LogP contribution in [0.1, 0.15) is 4.88 Å². The molecule has 0 radical (unpaired) electrons. The van der Waals surface area contributed by atoms with Gasteiger partial charge in [-0.15, -0.1) is 11.3 Å². The topological polar surface area (TPSA) is 41.1 Å². The van der Waals surface area contributed by atoms with Crippen LogP contribution in [0.4, 0.5) is 11.8 Å². The molecule has 2 aromatic heterocycles. The summed E-state index contributed by atoms with van der Waals surface area (Å²) in [6, 6.07) is 2.09. The highest BCUT2D eigenvalue weighted by Gasteiger charge is 2.11. The molecule has 0 spiro atoms. The molecule has 96 valence electrons. The lowest BCUT2D eigenvalue weighted by Gasteiger charge is -2.18. The van der Waals surface area contributed by atoms with E-state index in [9.17, 15) is 0 Å². The van der Waals surface area contributed by atoms with Gasteiger partial charge < -0.3 is 10.2 Å². The zero-order valence-corrected chi connectivity index (χ0v) is 13.1. The fourth-order valence-corrected chi connectivity index (χ4v) is 3.23. The minimum Gasteiger partial charge on any atom is -0.357 e. The summed E-state index contributed by atoms with van der Waals surface area (Å²) < 4.78 is 1.10. The quantitative estimate of drug-likeness (QED) is 0.917.